The molecule has 3 aromatic rings. The first kappa shape index (κ1) is 18.7. The molecule has 0 heterocycles. The van der Waals surface area contributed by atoms with Gasteiger partial charge < -0.3 is 5.73 Å². The van der Waals surface area contributed by atoms with Crippen molar-refractivity contribution in [2.24, 2.45) is 0 Å². The maximum atomic E-state index is 11.9. The van der Waals surface area contributed by atoms with E-state index in [4.69, 9.17) is 5.73 Å². The third-order valence-electron chi connectivity index (χ3n) is 3.59. The quantitative estimate of drug-likeness (QED) is 0.418. The van der Waals surface area contributed by atoms with Gasteiger partial charge in [-0.3, -0.25) is 4.55 Å². The van der Waals surface area contributed by atoms with Crippen LogP contribution in [0.4, 0.5) is 5.69 Å². The van der Waals surface area contributed by atoms with Crippen LogP contribution in [0.2, 0.25) is 0 Å². The predicted molar refractivity (Wildman–Crippen MR) is 91.5 cm³/mol. The van der Waals surface area contributed by atoms with Gasteiger partial charge in [-0.05, 0) is 22.8 Å². The van der Waals surface area contributed by atoms with Gasteiger partial charge in [0.1, 0.15) is 4.90 Å². The molecule has 3 aromatic carbocycles. The van der Waals surface area contributed by atoms with Crippen LogP contribution in [0.15, 0.2) is 77.7 Å². The Morgan fingerprint density at radius 2 is 1.25 bits per heavy atom. The number of nitrogen functional groups attached to an aromatic ring is 1. The van der Waals surface area contributed by atoms with Crippen LogP contribution in [0.25, 0.3) is 22.3 Å². The molecule has 0 unspecified atom stereocenters. The Morgan fingerprint density at radius 3 is 1.75 bits per heavy atom. The molecule has 24 heavy (non-hydrogen) atoms. The summed E-state index contributed by atoms with van der Waals surface area (Å²) in [6.07, 6.45) is 0. The van der Waals surface area contributed by atoms with Crippen LogP contribution in [0.3, 0.4) is 0 Å². The molecule has 6 heteroatoms. The summed E-state index contributed by atoms with van der Waals surface area (Å²) in [4.78, 5) is -0.259. The van der Waals surface area contributed by atoms with Crippen molar-refractivity contribution in [2.45, 2.75) is 4.90 Å². The molecule has 0 amide bonds. The van der Waals surface area contributed by atoms with Crippen LogP contribution in [0.1, 0.15) is 0 Å². The van der Waals surface area contributed by atoms with Crippen LogP contribution in [0.5, 0.6) is 0 Å². The molecular formula is C18H15NNaO3S+. The van der Waals surface area contributed by atoms with Crippen LogP contribution in [0, 0.1) is 0 Å². The average molecular weight is 348 g/mol. The second-order valence-corrected chi connectivity index (χ2v) is 6.47. The van der Waals surface area contributed by atoms with Gasteiger partial charge in [-0.25, -0.2) is 0 Å². The Hall–Kier alpha value is -1.63. The smallest absolute Gasteiger partial charge is 0.398 e. The molecule has 0 saturated heterocycles. The standard InChI is InChI=1S/C18H15NO3S.Na/c19-16-12-11-15(13-7-3-1-4-8-13)17(18(16)23(20,21)22)14-9-5-2-6-10-14;/h1-12H,19H2,(H,20,21,22);/q;+1. The van der Waals surface area contributed by atoms with Crippen LogP contribution < -0.4 is 35.3 Å². The van der Waals surface area contributed by atoms with Crippen LogP contribution in [-0.4, -0.2) is 13.0 Å². The van der Waals surface area contributed by atoms with E-state index in [1.165, 1.54) is 6.07 Å². The summed E-state index contributed by atoms with van der Waals surface area (Å²) in [5.74, 6) is 0. The first-order chi connectivity index (χ1) is 11.0. The molecule has 3 N–H and O–H groups in total. The number of hydrogen-bond acceptors (Lipinski definition) is 3. The molecule has 0 spiro atoms. The topological polar surface area (TPSA) is 80.4 Å². The van der Waals surface area contributed by atoms with Crippen LogP contribution >= 0.6 is 0 Å². The predicted octanol–water partition coefficient (Wildman–Crippen LogP) is 0.854. The monoisotopic (exact) mass is 348 g/mol. The zero-order chi connectivity index (χ0) is 16.4. The summed E-state index contributed by atoms with van der Waals surface area (Å²) in [7, 11) is -4.47. The molecule has 0 fully saturated rings. The van der Waals surface area contributed by atoms with Crippen molar-refractivity contribution < 1.29 is 42.5 Å². The Balaban J connectivity index is 0.00000208. The molecule has 0 aliphatic carbocycles. The van der Waals surface area contributed by atoms with E-state index in [1.807, 2.05) is 36.4 Å². The fourth-order valence-electron chi connectivity index (χ4n) is 2.63. The zero-order valence-electron chi connectivity index (χ0n) is 13.2. The Morgan fingerprint density at radius 1 is 0.750 bits per heavy atom. The SMILES string of the molecule is Nc1ccc(-c2ccccc2)c(-c2ccccc2)c1S(=O)(=O)O.[Na+]. The molecule has 4 nitrogen and oxygen atoms in total. The van der Waals surface area contributed by atoms with Crippen molar-refractivity contribution >= 4 is 15.8 Å². The van der Waals surface area contributed by atoms with E-state index in [9.17, 15) is 13.0 Å². The molecule has 3 rings (SSSR count). The summed E-state index contributed by atoms with van der Waals surface area (Å²) in [6.45, 7) is 0. The Kier molecular flexibility index (Phi) is 5.85. The van der Waals surface area contributed by atoms with Gasteiger partial charge in [0, 0.05) is 5.56 Å². The van der Waals surface area contributed by atoms with Gasteiger partial charge in [0.05, 0.1) is 5.69 Å². The second kappa shape index (κ2) is 7.51. The molecular weight excluding hydrogens is 333 g/mol. The third-order valence-corrected chi connectivity index (χ3v) is 4.55. The maximum Gasteiger partial charge on any atom is 1.00 e. The molecule has 0 aliphatic rings. The van der Waals surface area contributed by atoms with E-state index in [-0.39, 0.29) is 40.1 Å². The average Bonchev–Trinajstić information content (AvgIpc) is 2.55. The number of anilines is 1. The largest absolute Gasteiger partial charge is 1.00 e. The van der Waals surface area contributed by atoms with Gasteiger partial charge in [-0.2, -0.15) is 8.42 Å². The van der Waals surface area contributed by atoms with E-state index in [2.05, 4.69) is 0 Å². The molecule has 0 aromatic heterocycles. The van der Waals surface area contributed by atoms with Crippen molar-refractivity contribution in [3.05, 3.63) is 72.8 Å². The van der Waals surface area contributed by atoms with Gasteiger partial charge in [0.25, 0.3) is 10.1 Å². The van der Waals surface area contributed by atoms with Crippen LogP contribution in [-0.2, 0) is 10.1 Å². The van der Waals surface area contributed by atoms with Crippen molar-refractivity contribution in [2.75, 3.05) is 5.73 Å². The minimum atomic E-state index is -4.47. The van der Waals surface area contributed by atoms with E-state index in [0.717, 1.165) is 5.56 Å². The third kappa shape index (κ3) is 3.71. The van der Waals surface area contributed by atoms with Crippen molar-refractivity contribution in [1.82, 2.24) is 0 Å². The number of nitrogens with two attached hydrogens (primary N) is 1. The fraction of sp³-hybridized carbons (Fsp3) is 0. The van der Waals surface area contributed by atoms with E-state index in [0.29, 0.717) is 16.7 Å². The molecule has 0 radical (unpaired) electrons. The van der Waals surface area contributed by atoms with Gasteiger partial charge in [-0.1, -0.05) is 66.7 Å². The first-order valence-corrected chi connectivity index (χ1v) is 8.43. The molecule has 116 valence electrons. The van der Waals surface area contributed by atoms with Crippen molar-refractivity contribution in [3.63, 3.8) is 0 Å². The summed E-state index contributed by atoms with van der Waals surface area (Å²) >= 11 is 0. The van der Waals surface area contributed by atoms with Crippen molar-refractivity contribution in [3.8, 4) is 22.3 Å². The van der Waals surface area contributed by atoms with E-state index >= 15 is 0 Å². The fourth-order valence-corrected chi connectivity index (χ4v) is 3.48. The van der Waals surface area contributed by atoms with Gasteiger partial charge >= 0.3 is 29.6 Å². The summed E-state index contributed by atoms with van der Waals surface area (Å²) in [5.41, 5.74) is 8.48. The Bertz CT molecular complexity index is 943. The summed E-state index contributed by atoms with van der Waals surface area (Å²) in [5, 5.41) is 0. The normalized spacial score (nSPS) is 10.9. The van der Waals surface area contributed by atoms with Gasteiger partial charge in [0.15, 0.2) is 0 Å². The molecule has 0 aliphatic heterocycles. The summed E-state index contributed by atoms with van der Waals surface area (Å²) in [6, 6.07) is 21.7. The minimum Gasteiger partial charge on any atom is -0.398 e. The van der Waals surface area contributed by atoms with E-state index < -0.39 is 10.1 Å². The number of benzene rings is 3. The Labute approximate surface area is 163 Å². The molecule has 0 atom stereocenters. The second-order valence-electron chi connectivity index (χ2n) is 5.11. The number of rotatable bonds is 3. The van der Waals surface area contributed by atoms with Gasteiger partial charge in [0.2, 0.25) is 0 Å². The zero-order valence-corrected chi connectivity index (χ0v) is 16.0. The number of hydrogen-bond donors (Lipinski definition) is 2. The summed E-state index contributed by atoms with van der Waals surface area (Å²) < 4.78 is 33.5. The van der Waals surface area contributed by atoms with Crippen molar-refractivity contribution in [1.29, 1.82) is 0 Å². The molecule has 0 saturated carbocycles. The van der Waals surface area contributed by atoms with E-state index in [1.54, 1.807) is 30.3 Å². The minimum absolute atomic E-state index is 0. The van der Waals surface area contributed by atoms with Gasteiger partial charge in [-0.15, -0.1) is 0 Å². The maximum absolute atomic E-state index is 11.9. The molecule has 0 bridgehead atoms. The first-order valence-electron chi connectivity index (χ1n) is 6.99.